The molecule has 4 rings (SSSR count). The Balaban J connectivity index is 1.57. The second-order valence-electron chi connectivity index (χ2n) is 8.56. The van der Waals surface area contributed by atoms with Crippen LogP contribution in [0.25, 0.3) is 0 Å². The Morgan fingerprint density at radius 1 is 1.04 bits per heavy atom. The molecule has 3 aliphatic carbocycles. The first-order valence-electron chi connectivity index (χ1n) is 9.58. The number of hydrogen-bond donors (Lipinski definition) is 4. The molecule has 1 aromatic carbocycles. The van der Waals surface area contributed by atoms with Gasteiger partial charge in [-0.1, -0.05) is 13.0 Å². The molecule has 1 aromatic rings. The van der Waals surface area contributed by atoms with Gasteiger partial charge in [0.25, 0.3) is 0 Å². The maximum absolute atomic E-state index is 11.4. The summed E-state index contributed by atoms with van der Waals surface area (Å²) in [6.45, 7) is 2.10. The number of phosphoric ester groups is 2. The van der Waals surface area contributed by atoms with Crippen LogP contribution in [-0.4, -0.2) is 25.7 Å². The van der Waals surface area contributed by atoms with E-state index in [0.717, 1.165) is 37.7 Å². The molecule has 4 N–H and O–H groups in total. The van der Waals surface area contributed by atoms with Crippen molar-refractivity contribution in [3.05, 3.63) is 29.3 Å². The lowest BCUT2D eigenvalue weighted by molar-refractivity contribution is -0.0217. The SMILES string of the molecule is CC12CC[C@@H]3c4ccc(OP(=O)(O)O)cc4CCC3[C@@H]1CCC2OP(=O)(O)O. The lowest BCUT2D eigenvalue weighted by Crippen LogP contribution is -2.44. The van der Waals surface area contributed by atoms with Gasteiger partial charge < -0.3 is 14.3 Å². The Kier molecular flexibility index (Phi) is 5.08. The van der Waals surface area contributed by atoms with E-state index < -0.39 is 21.7 Å². The largest absolute Gasteiger partial charge is 0.524 e. The molecule has 156 valence electrons. The molecule has 0 amide bonds. The molecule has 0 aromatic heterocycles. The van der Waals surface area contributed by atoms with Crippen LogP contribution in [0.4, 0.5) is 0 Å². The van der Waals surface area contributed by atoms with Gasteiger partial charge in [-0.2, -0.15) is 0 Å². The molecule has 0 radical (unpaired) electrons. The minimum Gasteiger partial charge on any atom is -0.404 e. The van der Waals surface area contributed by atoms with Gasteiger partial charge in [0.2, 0.25) is 0 Å². The average molecular weight is 432 g/mol. The summed E-state index contributed by atoms with van der Waals surface area (Å²) in [4.78, 5) is 36.6. The van der Waals surface area contributed by atoms with Gasteiger partial charge in [-0.15, -0.1) is 0 Å². The van der Waals surface area contributed by atoms with Crippen molar-refractivity contribution in [2.75, 3.05) is 0 Å². The van der Waals surface area contributed by atoms with Crippen LogP contribution in [0.3, 0.4) is 0 Å². The van der Waals surface area contributed by atoms with Crippen LogP contribution >= 0.6 is 15.6 Å². The van der Waals surface area contributed by atoms with Crippen LogP contribution in [0.15, 0.2) is 18.2 Å². The number of aryl methyl sites for hydroxylation is 1. The fourth-order valence-electron chi connectivity index (χ4n) is 6.04. The summed E-state index contributed by atoms with van der Waals surface area (Å²) in [5.41, 5.74) is 2.04. The van der Waals surface area contributed by atoms with E-state index in [1.807, 2.05) is 6.07 Å². The average Bonchev–Trinajstić information content (AvgIpc) is 2.88. The molecule has 10 heteroatoms. The summed E-state index contributed by atoms with van der Waals surface area (Å²) in [7, 11) is -9.09. The highest BCUT2D eigenvalue weighted by Gasteiger charge is 2.56. The van der Waals surface area contributed by atoms with Crippen LogP contribution in [-0.2, 0) is 20.1 Å². The van der Waals surface area contributed by atoms with Crippen molar-refractivity contribution < 1.29 is 37.8 Å². The summed E-state index contributed by atoms with van der Waals surface area (Å²) in [5, 5.41) is 0. The second kappa shape index (κ2) is 6.92. The van der Waals surface area contributed by atoms with Gasteiger partial charge in [0.05, 0.1) is 6.10 Å². The lowest BCUT2D eigenvalue weighted by Gasteiger charge is -2.50. The van der Waals surface area contributed by atoms with Gasteiger partial charge in [-0.3, -0.25) is 14.3 Å². The van der Waals surface area contributed by atoms with E-state index in [1.165, 1.54) is 5.56 Å². The Bertz CT molecular complexity index is 861. The fourth-order valence-corrected chi connectivity index (χ4v) is 7.11. The van der Waals surface area contributed by atoms with Crippen LogP contribution in [0.1, 0.15) is 56.1 Å². The molecule has 2 saturated carbocycles. The molecule has 3 aliphatic rings. The predicted molar refractivity (Wildman–Crippen MR) is 101 cm³/mol. The molecule has 0 spiro atoms. The maximum atomic E-state index is 11.4. The molecule has 28 heavy (non-hydrogen) atoms. The molecule has 8 nitrogen and oxygen atoms in total. The van der Waals surface area contributed by atoms with Crippen LogP contribution in [0.2, 0.25) is 0 Å². The van der Waals surface area contributed by atoms with E-state index in [9.17, 15) is 18.9 Å². The summed E-state index contributed by atoms with van der Waals surface area (Å²) in [6, 6.07) is 5.26. The van der Waals surface area contributed by atoms with Crippen molar-refractivity contribution >= 4 is 15.6 Å². The van der Waals surface area contributed by atoms with Crippen molar-refractivity contribution in [1.29, 1.82) is 0 Å². The molecule has 0 heterocycles. The van der Waals surface area contributed by atoms with Gasteiger partial charge in [-0.05, 0) is 85.0 Å². The number of benzene rings is 1. The molecule has 0 bridgehead atoms. The molecule has 3 unspecified atom stereocenters. The molecular weight excluding hydrogens is 406 g/mol. The van der Waals surface area contributed by atoms with Crippen molar-refractivity contribution in [3.8, 4) is 5.75 Å². The van der Waals surface area contributed by atoms with Gasteiger partial charge in [-0.25, -0.2) is 9.13 Å². The first-order valence-corrected chi connectivity index (χ1v) is 12.6. The Hall–Kier alpha value is -0.720. The first-order chi connectivity index (χ1) is 13.0. The van der Waals surface area contributed by atoms with Gasteiger partial charge in [0.1, 0.15) is 5.75 Å². The first kappa shape index (κ1) is 20.5. The summed E-state index contributed by atoms with van der Waals surface area (Å²) in [6.07, 6.45) is 4.63. The zero-order valence-corrected chi connectivity index (χ0v) is 17.4. The van der Waals surface area contributed by atoms with E-state index in [-0.39, 0.29) is 11.2 Å². The topological polar surface area (TPSA) is 134 Å². The van der Waals surface area contributed by atoms with Crippen molar-refractivity contribution in [2.45, 2.75) is 57.5 Å². The normalized spacial score (nSPS) is 35.0. The molecular formula is C18H26O8P2. The van der Waals surface area contributed by atoms with Gasteiger partial charge >= 0.3 is 15.6 Å². The third-order valence-electron chi connectivity index (χ3n) is 7.10. The quantitative estimate of drug-likeness (QED) is 0.532. The summed E-state index contributed by atoms with van der Waals surface area (Å²) >= 11 is 0. The van der Waals surface area contributed by atoms with Crippen molar-refractivity contribution in [3.63, 3.8) is 0 Å². The Labute approximate surface area is 163 Å². The van der Waals surface area contributed by atoms with Crippen LogP contribution in [0, 0.1) is 17.3 Å². The molecule has 0 aliphatic heterocycles. The van der Waals surface area contributed by atoms with E-state index in [0.29, 0.717) is 24.2 Å². The molecule has 2 fully saturated rings. The minimum atomic E-state index is -4.58. The highest BCUT2D eigenvalue weighted by molar-refractivity contribution is 7.46. The number of rotatable bonds is 4. The number of fused-ring (bicyclic) bond motifs is 5. The second-order valence-corrected chi connectivity index (χ2v) is 10.9. The summed E-state index contributed by atoms with van der Waals surface area (Å²) < 4.78 is 32.4. The standard InChI is InChI=1S/C18H26O8P2/c1-18-9-8-14-13-5-3-12(25-27(19,20)21)10-11(13)2-4-15(14)16(18)6-7-17(18)26-28(22,23)24/h3,5,10,14-17H,2,4,6-9H2,1H3,(H2,19,20,21)(H2,22,23,24)/t14-,15?,16+,17?,18?/m1/s1. The zero-order chi connectivity index (χ0) is 20.3. The van der Waals surface area contributed by atoms with E-state index in [1.54, 1.807) is 12.1 Å². The monoisotopic (exact) mass is 432 g/mol. The lowest BCUT2D eigenvalue weighted by atomic mass is 9.55. The van der Waals surface area contributed by atoms with Gasteiger partial charge in [0, 0.05) is 0 Å². The minimum absolute atomic E-state index is 0.183. The third kappa shape index (κ3) is 3.84. The zero-order valence-electron chi connectivity index (χ0n) is 15.6. The highest BCUT2D eigenvalue weighted by atomic mass is 31.2. The van der Waals surface area contributed by atoms with Crippen molar-refractivity contribution in [1.82, 2.24) is 0 Å². The van der Waals surface area contributed by atoms with E-state index in [4.69, 9.17) is 18.8 Å². The van der Waals surface area contributed by atoms with E-state index >= 15 is 0 Å². The molecule has 5 atom stereocenters. The third-order valence-corrected chi connectivity index (χ3v) is 8.08. The van der Waals surface area contributed by atoms with E-state index in [2.05, 4.69) is 6.92 Å². The number of phosphoric acid groups is 2. The van der Waals surface area contributed by atoms with Crippen molar-refractivity contribution in [2.24, 2.45) is 17.3 Å². The van der Waals surface area contributed by atoms with Crippen LogP contribution in [0.5, 0.6) is 5.75 Å². The van der Waals surface area contributed by atoms with Crippen LogP contribution < -0.4 is 4.52 Å². The predicted octanol–water partition coefficient (Wildman–Crippen LogP) is 3.49. The molecule has 0 saturated heterocycles. The fraction of sp³-hybridized carbons (Fsp3) is 0.667. The number of hydrogen-bond acceptors (Lipinski definition) is 4. The maximum Gasteiger partial charge on any atom is 0.524 e. The summed E-state index contributed by atoms with van der Waals surface area (Å²) in [5.74, 6) is 1.30. The highest BCUT2D eigenvalue weighted by Crippen LogP contribution is 2.63. The Morgan fingerprint density at radius 3 is 2.46 bits per heavy atom. The van der Waals surface area contributed by atoms with Gasteiger partial charge in [0.15, 0.2) is 0 Å². The Morgan fingerprint density at radius 2 is 1.79 bits per heavy atom. The smallest absolute Gasteiger partial charge is 0.404 e.